The maximum Gasteiger partial charge on any atom is 0.145 e. The van der Waals surface area contributed by atoms with E-state index < -0.39 is 0 Å². The fraction of sp³-hybridized carbons (Fsp3) is 0.0833. The third-order valence-corrected chi connectivity index (χ3v) is 1.24. The van der Waals surface area contributed by atoms with Crippen molar-refractivity contribution in [3.8, 4) is 0 Å². The van der Waals surface area contributed by atoms with Crippen LogP contribution in [-0.4, -0.2) is 6.29 Å². The number of hydrogen-bond donors (Lipinski definition) is 0. The molecule has 68 valence electrons. The molecule has 0 unspecified atom stereocenters. The van der Waals surface area contributed by atoms with Crippen LogP contribution in [0.25, 0.3) is 6.08 Å². The van der Waals surface area contributed by atoms with Crippen molar-refractivity contribution >= 4 is 12.4 Å². The Morgan fingerprint density at radius 2 is 1.77 bits per heavy atom. The number of allylic oxidation sites excluding steroid dienone is 1. The van der Waals surface area contributed by atoms with Crippen molar-refractivity contribution < 1.29 is 4.79 Å². The molecule has 1 nitrogen and oxygen atoms in total. The highest BCUT2D eigenvalue weighted by atomic mass is 16.1. The van der Waals surface area contributed by atoms with E-state index in [1.807, 2.05) is 36.4 Å². The summed E-state index contributed by atoms with van der Waals surface area (Å²) in [6, 6.07) is 10.0. The van der Waals surface area contributed by atoms with Crippen molar-refractivity contribution in [3.63, 3.8) is 0 Å². The molecule has 0 heterocycles. The molecule has 0 saturated carbocycles. The van der Waals surface area contributed by atoms with Gasteiger partial charge in [-0.2, -0.15) is 0 Å². The SMILES string of the molecule is C=C(C)C=O.C=Cc1ccccc1. The largest absolute Gasteiger partial charge is 0.298 e. The highest BCUT2D eigenvalue weighted by molar-refractivity contribution is 5.70. The van der Waals surface area contributed by atoms with E-state index in [2.05, 4.69) is 13.2 Å². The van der Waals surface area contributed by atoms with Gasteiger partial charge in [0.15, 0.2) is 0 Å². The monoisotopic (exact) mass is 174 g/mol. The van der Waals surface area contributed by atoms with Gasteiger partial charge in [0.25, 0.3) is 0 Å². The molecular weight excluding hydrogens is 160 g/mol. The summed E-state index contributed by atoms with van der Waals surface area (Å²) in [6.07, 6.45) is 2.56. The summed E-state index contributed by atoms with van der Waals surface area (Å²) in [5, 5.41) is 0. The fourth-order valence-electron chi connectivity index (χ4n) is 0.589. The summed E-state index contributed by atoms with van der Waals surface area (Å²) in [7, 11) is 0. The third-order valence-electron chi connectivity index (χ3n) is 1.24. The van der Waals surface area contributed by atoms with E-state index in [0.29, 0.717) is 5.57 Å². The van der Waals surface area contributed by atoms with Crippen molar-refractivity contribution in [2.75, 3.05) is 0 Å². The fourth-order valence-corrected chi connectivity index (χ4v) is 0.589. The van der Waals surface area contributed by atoms with E-state index in [4.69, 9.17) is 0 Å². The van der Waals surface area contributed by atoms with Crippen LogP contribution in [0.2, 0.25) is 0 Å². The predicted octanol–water partition coefficient (Wildman–Crippen LogP) is 3.09. The summed E-state index contributed by atoms with van der Waals surface area (Å²) < 4.78 is 0. The van der Waals surface area contributed by atoms with Crippen LogP contribution in [0.5, 0.6) is 0 Å². The van der Waals surface area contributed by atoms with Gasteiger partial charge in [-0.05, 0) is 18.1 Å². The molecule has 13 heavy (non-hydrogen) atoms. The molecule has 0 fully saturated rings. The second-order valence-corrected chi connectivity index (χ2v) is 2.58. The van der Waals surface area contributed by atoms with E-state index in [1.165, 1.54) is 5.56 Å². The molecule has 1 rings (SSSR count). The average Bonchev–Trinajstić information content (AvgIpc) is 2.20. The summed E-state index contributed by atoms with van der Waals surface area (Å²) in [5.41, 5.74) is 1.75. The minimum absolute atomic E-state index is 0.574. The first-order valence-electron chi connectivity index (χ1n) is 3.99. The second-order valence-electron chi connectivity index (χ2n) is 2.58. The summed E-state index contributed by atoms with van der Waals surface area (Å²) in [6.45, 7) is 8.60. The first-order chi connectivity index (χ1) is 6.20. The number of carbonyl (C=O) groups excluding carboxylic acids is 1. The molecule has 0 saturated heterocycles. The van der Waals surface area contributed by atoms with E-state index in [9.17, 15) is 4.79 Å². The van der Waals surface area contributed by atoms with Gasteiger partial charge in [-0.3, -0.25) is 4.79 Å². The molecule has 0 amide bonds. The van der Waals surface area contributed by atoms with Crippen LogP contribution in [-0.2, 0) is 4.79 Å². The summed E-state index contributed by atoms with van der Waals surface area (Å²) in [5.74, 6) is 0. The zero-order chi connectivity index (χ0) is 10.1. The first kappa shape index (κ1) is 11.4. The highest BCUT2D eigenvalue weighted by Gasteiger charge is 1.75. The van der Waals surface area contributed by atoms with Gasteiger partial charge in [0.2, 0.25) is 0 Å². The van der Waals surface area contributed by atoms with Gasteiger partial charge in [-0.1, -0.05) is 49.6 Å². The molecule has 0 bridgehead atoms. The Labute approximate surface area is 79.4 Å². The maximum atomic E-state index is 9.41. The molecule has 0 aromatic heterocycles. The molecule has 0 atom stereocenters. The second kappa shape index (κ2) is 7.04. The molecule has 1 aromatic rings. The van der Waals surface area contributed by atoms with Crippen molar-refractivity contribution in [3.05, 3.63) is 54.6 Å². The van der Waals surface area contributed by atoms with Gasteiger partial charge < -0.3 is 0 Å². The lowest BCUT2D eigenvalue weighted by Gasteiger charge is -1.85. The van der Waals surface area contributed by atoms with Gasteiger partial charge in [0.05, 0.1) is 0 Å². The van der Waals surface area contributed by atoms with Crippen LogP contribution in [0, 0.1) is 0 Å². The first-order valence-corrected chi connectivity index (χ1v) is 3.99. The molecule has 0 aliphatic heterocycles. The zero-order valence-corrected chi connectivity index (χ0v) is 7.86. The Bertz CT molecular complexity index is 272. The van der Waals surface area contributed by atoms with Gasteiger partial charge in [-0.15, -0.1) is 0 Å². The maximum absolute atomic E-state index is 9.41. The minimum Gasteiger partial charge on any atom is -0.298 e. The molecule has 0 N–H and O–H groups in total. The van der Waals surface area contributed by atoms with Crippen LogP contribution in [0.4, 0.5) is 0 Å². The third kappa shape index (κ3) is 6.76. The van der Waals surface area contributed by atoms with Crippen LogP contribution in [0.3, 0.4) is 0 Å². The molecule has 0 spiro atoms. The Morgan fingerprint density at radius 3 is 2.00 bits per heavy atom. The lowest BCUT2D eigenvalue weighted by Crippen LogP contribution is -1.65. The van der Waals surface area contributed by atoms with Crippen molar-refractivity contribution in [2.45, 2.75) is 6.92 Å². The predicted molar refractivity (Wildman–Crippen MR) is 57.4 cm³/mol. The quantitative estimate of drug-likeness (QED) is 0.497. The number of rotatable bonds is 2. The lowest BCUT2D eigenvalue weighted by atomic mass is 10.2. The lowest BCUT2D eigenvalue weighted by molar-refractivity contribution is -0.104. The van der Waals surface area contributed by atoms with Crippen LogP contribution in [0.1, 0.15) is 12.5 Å². The Balaban J connectivity index is 0.000000252. The Kier molecular flexibility index (Phi) is 6.16. The van der Waals surface area contributed by atoms with E-state index in [0.717, 1.165) is 6.29 Å². The van der Waals surface area contributed by atoms with E-state index in [1.54, 1.807) is 6.92 Å². The normalized spacial score (nSPS) is 7.77. The number of aldehydes is 1. The molecule has 1 heteroatoms. The van der Waals surface area contributed by atoms with Crippen LogP contribution < -0.4 is 0 Å². The van der Waals surface area contributed by atoms with E-state index >= 15 is 0 Å². The smallest absolute Gasteiger partial charge is 0.145 e. The van der Waals surface area contributed by atoms with Crippen LogP contribution in [0.15, 0.2) is 49.1 Å². The van der Waals surface area contributed by atoms with Crippen molar-refractivity contribution in [2.24, 2.45) is 0 Å². The summed E-state index contributed by atoms with van der Waals surface area (Å²) >= 11 is 0. The molecule has 0 aliphatic rings. The van der Waals surface area contributed by atoms with Gasteiger partial charge >= 0.3 is 0 Å². The molecule has 0 aliphatic carbocycles. The number of hydrogen-bond acceptors (Lipinski definition) is 1. The van der Waals surface area contributed by atoms with Gasteiger partial charge in [-0.25, -0.2) is 0 Å². The topological polar surface area (TPSA) is 17.1 Å². The number of benzene rings is 1. The van der Waals surface area contributed by atoms with E-state index in [-0.39, 0.29) is 0 Å². The summed E-state index contributed by atoms with van der Waals surface area (Å²) in [4.78, 5) is 9.41. The van der Waals surface area contributed by atoms with Gasteiger partial charge in [0.1, 0.15) is 6.29 Å². The average molecular weight is 174 g/mol. The Morgan fingerprint density at radius 1 is 1.31 bits per heavy atom. The zero-order valence-electron chi connectivity index (χ0n) is 7.86. The highest BCUT2D eigenvalue weighted by Crippen LogP contribution is 1.97. The van der Waals surface area contributed by atoms with Crippen molar-refractivity contribution in [1.82, 2.24) is 0 Å². The minimum atomic E-state index is 0.574. The van der Waals surface area contributed by atoms with Gasteiger partial charge in [0, 0.05) is 0 Å². The molecular formula is C12H14O. The standard InChI is InChI=1S/C8H8.C4H6O/c1-2-8-6-4-3-5-7-8;1-4(2)3-5/h2-7H,1H2;3H,1H2,2H3. The van der Waals surface area contributed by atoms with Crippen LogP contribution >= 0.6 is 0 Å². The number of carbonyl (C=O) groups is 1. The molecule has 0 radical (unpaired) electrons. The Hall–Kier alpha value is -1.63. The van der Waals surface area contributed by atoms with Crippen molar-refractivity contribution in [1.29, 1.82) is 0 Å². The molecule has 1 aromatic carbocycles.